The lowest BCUT2D eigenvalue weighted by Crippen LogP contribution is -2.37. The van der Waals surface area contributed by atoms with Crippen molar-refractivity contribution in [3.63, 3.8) is 0 Å². The van der Waals surface area contributed by atoms with Crippen LogP contribution in [0.2, 0.25) is 0 Å². The normalized spacial score (nSPS) is 23.6. The molecule has 2 saturated heterocycles. The van der Waals surface area contributed by atoms with E-state index in [4.69, 9.17) is 4.84 Å². The van der Waals surface area contributed by atoms with E-state index >= 15 is 0 Å². The van der Waals surface area contributed by atoms with Gasteiger partial charge in [0.25, 0.3) is 5.91 Å². The summed E-state index contributed by atoms with van der Waals surface area (Å²) in [5.41, 5.74) is 3.18. The summed E-state index contributed by atoms with van der Waals surface area (Å²) in [7, 11) is 0. The van der Waals surface area contributed by atoms with Crippen molar-refractivity contribution in [2.45, 2.75) is 19.1 Å². The largest absolute Gasteiger partial charge is 0.273 e. The van der Waals surface area contributed by atoms with E-state index in [-0.39, 0.29) is 11.8 Å². The van der Waals surface area contributed by atoms with E-state index in [1.54, 1.807) is 23.5 Å². The molecule has 0 saturated carbocycles. The summed E-state index contributed by atoms with van der Waals surface area (Å²) in [5.74, 6) is -1.23. The zero-order chi connectivity index (χ0) is 20.0. The van der Waals surface area contributed by atoms with Gasteiger partial charge >= 0.3 is 0 Å². The molecule has 0 unspecified atom stereocenters. The number of imide groups is 1. The molecule has 29 heavy (non-hydrogen) atoms. The van der Waals surface area contributed by atoms with E-state index in [1.807, 2.05) is 67.6 Å². The maximum Gasteiger partial charge on any atom is 0.266 e. The number of aryl methyl sites for hydroxylation is 1. The highest BCUT2D eigenvalue weighted by atomic mass is 16.7. The summed E-state index contributed by atoms with van der Waals surface area (Å²) in [6.07, 6.45) is 2.54. The zero-order valence-electron chi connectivity index (χ0n) is 15.8. The van der Waals surface area contributed by atoms with Crippen LogP contribution in [0.3, 0.4) is 0 Å². The second-order valence-electron chi connectivity index (χ2n) is 7.30. The Bertz CT molecular complexity index is 1070. The monoisotopic (exact) mass is 385 g/mol. The second-order valence-corrected chi connectivity index (χ2v) is 7.30. The summed E-state index contributed by atoms with van der Waals surface area (Å²) in [6.45, 7) is 1.93. The molecule has 1 aromatic heterocycles. The first-order valence-corrected chi connectivity index (χ1v) is 9.50. The molecule has 3 aromatic rings. The molecule has 0 bridgehead atoms. The van der Waals surface area contributed by atoms with Gasteiger partial charge in [0.05, 0.1) is 17.4 Å². The second kappa shape index (κ2) is 6.83. The van der Waals surface area contributed by atoms with Crippen molar-refractivity contribution in [3.8, 4) is 0 Å². The Morgan fingerprint density at radius 2 is 1.69 bits per heavy atom. The van der Waals surface area contributed by atoms with Gasteiger partial charge in [0.2, 0.25) is 5.91 Å². The summed E-state index contributed by atoms with van der Waals surface area (Å²) in [4.78, 5) is 38.2. The summed E-state index contributed by atoms with van der Waals surface area (Å²) in [6, 6.07) is 20.2. The van der Waals surface area contributed by atoms with Crippen LogP contribution in [0.5, 0.6) is 0 Å². The van der Waals surface area contributed by atoms with Crippen LogP contribution < -0.4 is 9.96 Å². The third-order valence-corrected chi connectivity index (χ3v) is 5.41. The van der Waals surface area contributed by atoms with E-state index in [2.05, 4.69) is 4.98 Å². The molecule has 6 nitrogen and oxygen atoms in total. The van der Waals surface area contributed by atoms with Gasteiger partial charge in [0, 0.05) is 12.4 Å². The number of hydrogen-bond donors (Lipinski definition) is 0. The molecule has 3 heterocycles. The zero-order valence-corrected chi connectivity index (χ0v) is 15.8. The highest BCUT2D eigenvalue weighted by molar-refractivity contribution is 6.23. The van der Waals surface area contributed by atoms with Crippen LogP contribution in [0, 0.1) is 12.8 Å². The average Bonchev–Trinajstić information content (AvgIpc) is 3.26. The van der Waals surface area contributed by atoms with Gasteiger partial charge in [-0.2, -0.15) is 0 Å². The number of fused-ring (bicyclic) bond motifs is 1. The predicted molar refractivity (Wildman–Crippen MR) is 108 cm³/mol. The van der Waals surface area contributed by atoms with E-state index in [9.17, 15) is 9.59 Å². The first-order chi connectivity index (χ1) is 14.1. The van der Waals surface area contributed by atoms with Crippen LogP contribution in [-0.2, 0) is 14.4 Å². The molecule has 2 aromatic carbocycles. The molecule has 2 aliphatic heterocycles. The number of carbonyl (C=O) groups is 2. The fourth-order valence-electron chi connectivity index (χ4n) is 4.12. The Balaban J connectivity index is 1.59. The number of para-hydroxylation sites is 1. The van der Waals surface area contributed by atoms with Gasteiger partial charge in [-0.3, -0.25) is 19.4 Å². The number of amides is 2. The summed E-state index contributed by atoms with van der Waals surface area (Å²) < 4.78 is 0. The number of nitrogens with zero attached hydrogens (tertiary/aromatic N) is 3. The first kappa shape index (κ1) is 17.6. The molecule has 0 N–H and O–H groups in total. The molecule has 3 atom stereocenters. The summed E-state index contributed by atoms with van der Waals surface area (Å²) in [5, 5.41) is 1.68. The lowest BCUT2D eigenvalue weighted by molar-refractivity contribution is -0.126. The molecule has 0 aliphatic carbocycles. The van der Waals surface area contributed by atoms with Crippen LogP contribution in [0.4, 0.5) is 11.4 Å². The van der Waals surface area contributed by atoms with Gasteiger partial charge in [-0.25, -0.2) is 9.96 Å². The number of carbonyl (C=O) groups excluding carboxylic acids is 2. The maximum absolute atomic E-state index is 13.4. The van der Waals surface area contributed by atoms with Crippen molar-refractivity contribution in [2.24, 2.45) is 5.92 Å². The minimum Gasteiger partial charge on any atom is -0.273 e. The SMILES string of the molecule is Cc1cccc(N2C(=O)[C@H]3[C@H](ON(c4ccccc4)[C@H]3c3cccnc3)C2=O)c1. The minimum absolute atomic E-state index is 0.252. The van der Waals surface area contributed by atoms with E-state index in [0.29, 0.717) is 5.69 Å². The molecular formula is C23H19N3O3. The fourth-order valence-corrected chi connectivity index (χ4v) is 4.12. The van der Waals surface area contributed by atoms with Gasteiger partial charge in [0.15, 0.2) is 6.10 Å². The number of pyridine rings is 1. The summed E-state index contributed by atoms with van der Waals surface area (Å²) >= 11 is 0. The van der Waals surface area contributed by atoms with Crippen molar-refractivity contribution in [1.82, 2.24) is 4.98 Å². The Morgan fingerprint density at radius 3 is 2.41 bits per heavy atom. The van der Waals surface area contributed by atoms with E-state index in [1.165, 1.54) is 4.90 Å². The van der Waals surface area contributed by atoms with Crippen molar-refractivity contribution < 1.29 is 14.4 Å². The molecule has 2 amide bonds. The predicted octanol–water partition coefficient (Wildman–Crippen LogP) is 3.44. The van der Waals surface area contributed by atoms with Crippen LogP contribution in [0.15, 0.2) is 79.1 Å². The molecule has 2 aliphatic rings. The number of aromatic nitrogens is 1. The minimum atomic E-state index is -0.867. The molecule has 2 fully saturated rings. The molecule has 0 radical (unpaired) electrons. The van der Waals surface area contributed by atoms with Crippen molar-refractivity contribution in [1.29, 1.82) is 0 Å². The molecule has 6 heteroatoms. The fraction of sp³-hybridized carbons (Fsp3) is 0.174. The highest BCUT2D eigenvalue weighted by Crippen LogP contribution is 2.47. The van der Waals surface area contributed by atoms with Gasteiger partial charge in [-0.1, -0.05) is 36.4 Å². The number of rotatable bonds is 3. The Hall–Kier alpha value is -3.51. The molecule has 5 rings (SSSR count). The van der Waals surface area contributed by atoms with Crippen LogP contribution in [0.25, 0.3) is 0 Å². The van der Waals surface area contributed by atoms with E-state index < -0.39 is 18.1 Å². The van der Waals surface area contributed by atoms with Gasteiger partial charge in [-0.05, 0) is 48.4 Å². The van der Waals surface area contributed by atoms with Crippen molar-refractivity contribution in [3.05, 3.63) is 90.3 Å². The number of benzene rings is 2. The van der Waals surface area contributed by atoms with Gasteiger partial charge < -0.3 is 0 Å². The lowest BCUT2D eigenvalue weighted by Gasteiger charge is -2.28. The van der Waals surface area contributed by atoms with Crippen LogP contribution in [-0.4, -0.2) is 22.9 Å². The van der Waals surface area contributed by atoms with Crippen LogP contribution in [0.1, 0.15) is 17.2 Å². The average molecular weight is 385 g/mol. The van der Waals surface area contributed by atoms with E-state index in [0.717, 1.165) is 16.8 Å². The molecular weight excluding hydrogens is 366 g/mol. The number of anilines is 2. The molecule has 0 spiro atoms. The van der Waals surface area contributed by atoms with Crippen molar-refractivity contribution in [2.75, 3.05) is 9.96 Å². The number of hydrogen-bond acceptors (Lipinski definition) is 5. The smallest absolute Gasteiger partial charge is 0.266 e. The third kappa shape index (κ3) is 2.80. The maximum atomic E-state index is 13.4. The van der Waals surface area contributed by atoms with Crippen LogP contribution >= 0.6 is 0 Å². The quantitative estimate of drug-likeness (QED) is 0.647. The number of hydroxylamine groups is 1. The van der Waals surface area contributed by atoms with Gasteiger partial charge in [0.1, 0.15) is 5.92 Å². The van der Waals surface area contributed by atoms with Gasteiger partial charge in [-0.15, -0.1) is 0 Å². The lowest BCUT2D eigenvalue weighted by atomic mass is 9.91. The topological polar surface area (TPSA) is 62.7 Å². The standard InChI is InChI=1S/C23H19N3O3/c1-15-7-5-11-18(13-15)25-22(27)19-20(16-8-6-12-24-14-16)26(29-21(19)23(25)28)17-9-3-2-4-10-17/h2-14,19-21H,1H3/t19-,20+,21+/m1/s1. The Labute approximate surface area is 168 Å². The Kier molecular flexibility index (Phi) is 4.14. The third-order valence-electron chi connectivity index (χ3n) is 5.41. The first-order valence-electron chi connectivity index (χ1n) is 9.50. The molecule has 144 valence electrons. The van der Waals surface area contributed by atoms with Crippen molar-refractivity contribution >= 4 is 23.2 Å². The Morgan fingerprint density at radius 1 is 0.897 bits per heavy atom. The highest BCUT2D eigenvalue weighted by Gasteiger charge is 2.60.